The first-order valence-corrected chi connectivity index (χ1v) is 9.95. The molecule has 146 valence electrons. The van der Waals surface area contributed by atoms with Crippen molar-refractivity contribution in [3.8, 4) is 0 Å². The van der Waals surface area contributed by atoms with Gasteiger partial charge >= 0.3 is 0 Å². The Morgan fingerprint density at radius 1 is 1.14 bits per heavy atom. The van der Waals surface area contributed by atoms with Crippen LogP contribution in [0.4, 0.5) is 11.5 Å². The zero-order chi connectivity index (χ0) is 19.5. The Hall–Kier alpha value is -2.89. The molecule has 1 N–H and O–H groups in total. The number of hydrogen-bond acceptors (Lipinski definition) is 4. The van der Waals surface area contributed by atoms with Gasteiger partial charge in [0.2, 0.25) is 11.8 Å². The lowest BCUT2D eigenvalue weighted by Gasteiger charge is -2.17. The minimum absolute atomic E-state index is 0.000589. The fourth-order valence-corrected chi connectivity index (χ4v) is 3.85. The molecule has 0 saturated carbocycles. The third kappa shape index (κ3) is 4.01. The molecule has 1 aromatic heterocycles. The number of rotatable bonds is 5. The normalized spacial score (nSPS) is 19.3. The van der Waals surface area contributed by atoms with Gasteiger partial charge in [-0.2, -0.15) is 0 Å². The van der Waals surface area contributed by atoms with Crippen LogP contribution >= 0.6 is 0 Å². The van der Waals surface area contributed by atoms with E-state index in [1.165, 1.54) is 12.8 Å². The average molecular weight is 378 g/mol. The predicted molar refractivity (Wildman–Crippen MR) is 109 cm³/mol. The monoisotopic (exact) mass is 378 g/mol. The summed E-state index contributed by atoms with van der Waals surface area (Å²) in [5.41, 5.74) is 2.97. The fraction of sp³-hybridized carbons (Fsp3) is 0.409. The first-order chi connectivity index (χ1) is 13.6. The van der Waals surface area contributed by atoms with Crippen LogP contribution in [0.3, 0.4) is 0 Å². The van der Waals surface area contributed by atoms with Gasteiger partial charge in [0.05, 0.1) is 5.92 Å². The van der Waals surface area contributed by atoms with Gasteiger partial charge in [-0.25, -0.2) is 4.98 Å². The molecule has 2 amide bonds. The van der Waals surface area contributed by atoms with Crippen LogP contribution in [-0.4, -0.2) is 36.4 Å². The Morgan fingerprint density at radius 3 is 2.57 bits per heavy atom. The van der Waals surface area contributed by atoms with E-state index in [2.05, 4.69) is 15.2 Å². The molecule has 2 fully saturated rings. The summed E-state index contributed by atoms with van der Waals surface area (Å²) in [5, 5.41) is 2.96. The van der Waals surface area contributed by atoms with Crippen molar-refractivity contribution in [1.29, 1.82) is 0 Å². The maximum absolute atomic E-state index is 12.6. The zero-order valence-electron chi connectivity index (χ0n) is 16.2. The van der Waals surface area contributed by atoms with Gasteiger partial charge in [-0.15, -0.1) is 0 Å². The van der Waals surface area contributed by atoms with Gasteiger partial charge in [-0.1, -0.05) is 23.8 Å². The Balaban J connectivity index is 1.31. The number of aryl methyl sites for hydroxylation is 1. The molecule has 3 heterocycles. The largest absolute Gasteiger partial charge is 0.357 e. The SMILES string of the molecule is Cc1ccc(N2CC(C(=O)NCc3ccc(N4CCCC4)nc3)CC2=O)cc1. The molecule has 0 aliphatic carbocycles. The molecule has 1 atom stereocenters. The summed E-state index contributed by atoms with van der Waals surface area (Å²) in [5.74, 6) is 0.612. The maximum atomic E-state index is 12.6. The predicted octanol–water partition coefficient (Wildman–Crippen LogP) is 2.66. The van der Waals surface area contributed by atoms with E-state index in [9.17, 15) is 9.59 Å². The summed E-state index contributed by atoms with van der Waals surface area (Å²) in [6.07, 6.45) is 4.52. The minimum atomic E-state index is -0.314. The van der Waals surface area contributed by atoms with Crippen LogP contribution in [0.2, 0.25) is 0 Å². The third-order valence-electron chi connectivity index (χ3n) is 5.55. The molecule has 28 heavy (non-hydrogen) atoms. The summed E-state index contributed by atoms with van der Waals surface area (Å²) in [6, 6.07) is 11.9. The second-order valence-corrected chi connectivity index (χ2v) is 7.68. The Kier molecular flexibility index (Phi) is 5.28. The molecule has 0 radical (unpaired) electrons. The van der Waals surface area contributed by atoms with Gasteiger partial charge in [0.15, 0.2) is 0 Å². The highest BCUT2D eigenvalue weighted by Gasteiger charge is 2.34. The van der Waals surface area contributed by atoms with Crippen LogP contribution in [0.25, 0.3) is 0 Å². The second-order valence-electron chi connectivity index (χ2n) is 7.68. The number of carbonyl (C=O) groups excluding carboxylic acids is 2. The number of pyridine rings is 1. The first-order valence-electron chi connectivity index (χ1n) is 9.95. The number of benzene rings is 1. The maximum Gasteiger partial charge on any atom is 0.227 e. The molecule has 0 spiro atoms. The standard InChI is InChI=1S/C22H26N4O2/c1-16-4-7-19(8-5-16)26-15-18(12-21(26)27)22(28)24-14-17-6-9-20(23-13-17)25-10-2-3-11-25/h4-9,13,18H,2-3,10-12,14-15H2,1H3,(H,24,28). The number of hydrogen-bond donors (Lipinski definition) is 1. The van der Waals surface area contributed by atoms with E-state index in [-0.39, 0.29) is 24.2 Å². The number of anilines is 2. The summed E-state index contributed by atoms with van der Waals surface area (Å²) < 4.78 is 0. The average Bonchev–Trinajstić information content (AvgIpc) is 3.37. The van der Waals surface area contributed by atoms with Crippen LogP contribution in [0.15, 0.2) is 42.6 Å². The number of nitrogens with one attached hydrogen (secondary N) is 1. The summed E-state index contributed by atoms with van der Waals surface area (Å²) in [6.45, 7) is 5.01. The number of carbonyl (C=O) groups is 2. The quantitative estimate of drug-likeness (QED) is 0.869. The minimum Gasteiger partial charge on any atom is -0.357 e. The summed E-state index contributed by atoms with van der Waals surface area (Å²) in [7, 11) is 0. The van der Waals surface area contributed by atoms with Gasteiger partial charge in [0, 0.05) is 44.5 Å². The Morgan fingerprint density at radius 2 is 1.89 bits per heavy atom. The third-order valence-corrected chi connectivity index (χ3v) is 5.55. The molecular weight excluding hydrogens is 352 g/mol. The van der Waals surface area contributed by atoms with Gasteiger partial charge < -0.3 is 15.1 Å². The molecule has 6 nitrogen and oxygen atoms in total. The van der Waals surface area contributed by atoms with Crippen LogP contribution in [0.1, 0.15) is 30.4 Å². The molecule has 1 aromatic carbocycles. The van der Waals surface area contributed by atoms with Crippen molar-refractivity contribution in [3.63, 3.8) is 0 Å². The van der Waals surface area contributed by atoms with Crippen molar-refractivity contribution in [3.05, 3.63) is 53.7 Å². The highest BCUT2D eigenvalue weighted by molar-refractivity contribution is 6.00. The molecule has 2 saturated heterocycles. The lowest BCUT2D eigenvalue weighted by atomic mass is 10.1. The molecule has 2 aromatic rings. The van der Waals surface area contributed by atoms with E-state index >= 15 is 0 Å². The highest BCUT2D eigenvalue weighted by atomic mass is 16.2. The number of amides is 2. The molecule has 0 bridgehead atoms. The summed E-state index contributed by atoms with van der Waals surface area (Å²) in [4.78, 5) is 33.4. The van der Waals surface area contributed by atoms with Crippen LogP contribution < -0.4 is 15.1 Å². The van der Waals surface area contributed by atoms with Crippen molar-refractivity contribution >= 4 is 23.3 Å². The molecule has 1 unspecified atom stereocenters. The Bertz CT molecular complexity index is 842. The van der Waals surface area contributed by atoms with Crippen LogP contribution in [-0.2, 0) is 16.1 Å². The van der Waals surface area contributed by atoms with Crippen molar-refractivity contribution < 1.29 is 9.59 Å². The van der Waals surface area contributed by atoms with E-state index in [0.717, 1.165) is 35.7 Å². The zero-order valence-corrected chi connectivity index (χ0v) is 16.2. The van der Waals surface area contributed by atoms with Crippen molar-refractivity contribution in [2.75, 3.05) is 29.4 Å². The van der Waals surface area contributed by atoms with E-state index < -0.39 is 0 Å². The summed E-state index contributed by atoms with van der Waals surface area (Å²) >= 11 is 0. The van der Waals surface area contributed by atoms with E-state index in [1.807, 2.05) is 49.5 Å². The van der Waals surface area contributed by atoms with Gasteiger partial charge in [-0.3, -0.25) is 9.59 Å². The second kappa shape index (κ2) is 8.00. The van der Waals surface area contributed by atoms with Crippen LogP contribution in [0.5, 0.6) is 0 Å². The lowest BCUT2D eigenvalue weighted by Crippen LogP contribution is -2.32. The van der Waals surface area contributed by atoms with Crippen molar-refractivity contribution in [2.45, 2.75) is 32.7 Å². The molecule has 6 heteroatoms. The fourth-order valence-electron chi connectivity index (χ4n) is 3.85. The highest BCUT2D eigenvalue weighted by Crippen LogP contribution is 2.25. The Labute approximate surface area is 165 Å². The van der Waals surface area contributed by atoms with Gasteiger partial charge in [0.1, 0.15) is 5.82 Å². The van der Waals surface area contributed by atoms with Crippen molar-refractivity contribution in [2.24, 2.45) is 5.92 Å². The van der Waals surface area contributed by atoms with E-state index in [0.29, 0.717) is 13.1 Å². The topological polar surface area (TPSA) is 65.5 Å². The smallest absolute Gasteiger partial charge is 0.227 e. The van der Waals surface area contributed by atoms with E-state index in [4.69, 9.17) is 0 Å². The van der Waals surface area contributed by atoms with Gasteiger partial charge in [-0.05, 0) is 43.5 Å². The van der Waals surface area contributed by atoms with E-state index in [1.54, 1.807) is 4.90 Å². The number of nitrogens with zero attached hydrogens (tertiary/aromatic N) is 3. The molecule has 4 rings (SSSR count). The molecule has 2 aliphatic rings. The number of aromatic nitrogens is 1. The van der Waals surface area contributed by atoms with Crippen molar-refractivity contribution in [1.82, 2.24) is 10.3 Å². The van der Waals surface area contributed by atoms with Crippen LogP contribution in [0, 0.1) is 12.8 Å². The van der Waals surface area contributed by atoms with Gasteiger partial charge in [0.25, 0.3) is 0 Å². The molecule has 2 aliphatic heterocycles. The first kappa shape index (κ1) is 18.5. The molecular formula is C22H26N4O2. The lowest BCUT2D eigenvalue weighted by molar-refractivity contribution is -0.126.